The molecule has 0 amide bonds. The van der Waals surface area contributed by atoms with Crippen LogP contribution < -0.4 is 5.32 Å². The molecule has 0 radical (unpaired) electrons. The summed E-state index contributed by atoms with van der Waals surface area (Å²) in [7, 11) is 0. The van der Waals surface area contributed by atoms with E-state index < -0.39 is 0 Å². The predicted octanol–water partition coefficient (Wildman–Crippen LogP) is 6.78. The van der Waals surface area contributed by atoms with Crippen molar-refractivity contribution >= 4 is 60.1 Å². The molecule has 5 heteroatoms. The Morgan fingerprint density at radius 2 is 1.90 bits per heavy atom. The molecular weight excluding hydrogens is 417 g/mol. The highest BCUT2D eigenvalue weighted by Crippen LogP contribution is 2.30. The number of halogens is 3. The Morgan fingerprint density at radius 3 is 2.67 bits per heavy atom. The third kappa shape index (κ3) is 3.28. The van der Waals surface area contributed by atoms with E-state index in [1.807, 2.05) is 36.4 Å². The summed E-state index contributed by atoms with van der Waals surface area (Å²) in [5.74, 6) is 0.891. The molecule has 0 aliphatic rings. The summed E-state index contributed by atoms with van der Waals surface area (Å²) >= 11 is 13.0. The van der Waals surface area contributed by atoms with Crippen molar-refractivity contribution in [3.63, 3.8) is 0 Å². The van der Waals surface area contributed by atoms with Crippen LogP contribution in [0.3, 0.4) is 0 Å². The zero-order valence-corrected chi connectivity index (χ0v) is 15.1. The molecule has 3 aromatic rings. The number of nitrogens with one attached hydrogen (secondary N) is 1. The maximum atomic E-state index is 6.11. The molecule has 1 atom stereocenters. The summed E-state index contributed by atoms with van der Waals surface area (Å²) in [4.78, 5) is 0. The van der Waals surface area contributed by atoms with Crippen molar-refractivity contribution in [3.05, 3.63) is 62.2 Å². The first-order chi connectivity index (χ1) is 10.0. The van der Waals surface area contributed by atoms with Crippen LogP contribution in [0, 0.1) is 0 Å². The molecule has 1 unspecified atom stereocenters. The van der Waals surface area contributed by atoms with E-state index in [1.165, 1.54) is 0 Å². The molecular formula is C16H12Br2ClNO. The third-order valence-corrected chi connectivity index (χ3v) is 4.95. The lowest BCUT2D eigenvalue weighted by Crippen LogP contribution is -2.05. The van der Waals surface area contributed by atoms with Crippen molar-refractivity contribution in [2.24, 2.45) is 0 Å². The number of hydrogen-bond acceptors (Lipinski definition) is 2. The van der Waals surface area contributed by atoms with Gasteiger partial charge in [-0.3, -0.25) is 0 Å². The normalized spacial score (nSPS) is 12.6. The fourth-order valence-electron chi connectivity index (χ4n) is 2.16. The van der Waals surface area contributed by atoms with Crippen molar-refractivity contribution < 1.29 is 4.42 Å². The minimum Gasteiger partial charge on any atom is -0.459 e. The van der Waals surface area contributed by atoms with Crippen molar-refractivity contribution in [3.8, 4) is 0 Å². The SMILES string of the molecule is CC(Nc1ccc(Br)c(Cl)c1)c1cc2cc(Br)ccc2o1. The Kier molecular flexibility index (Phi) is 4.29. The van der Waals surface area contributed by atoms with Gasteiger partial charge in [0.2, 0.25) is 0 Å². The molecule has 0 aliphatic carbocycles. The number of benzene rings is 2. The second kappa shape index (κ2) is 6.03. The van der Waals surface area contributed by atoms with E-state index in [9.17, 15) is 0 Å². The topological polar surface area (TPSA) is 25.2 Å². The van der Waals surface area contributed by atoms with Gasteiger partial charge in [0.15, 0.2) is 0 Å². The Hall–Kier alpha value is -0.970. The zero-order chi connectivity index (χ0) is 15.0. The van der Waals surface area contributed by atoms with E-state index in [2.05, 4.69) is 50.2 Å². The average molecular weight is 430 g/mol. The molecule has 2 aromatic carbocycles. The van der Waals surface area contributed by atoms with E-state index in [0.29, 0.717) is 5.02 Å². The number of rotatable bonds is 3. The second-order valence-electron chi connectivity index (χ2n) is 4.83. The van der Waals surface area contributed by atoms with E-state index >= 15 is 0 Å². The first-order valence-corrected chi connectivity index (χ1v) is 8.40. The van der Waals surface area contributed by atoms with Gasteiger partial charge in [-0.25, -0.2) is 0 Å². The quantitative estimate of drug-likeness (QED) is 0.496. The fraction of sp³-hybridized carbons (Fsp3) is 0.125. The van der Waals surface area contributed by atoms with E-state index in [1.54, 1.807) is 0 Å². The largest absolute Gasteiger partial charge is 0.459 e. The van der Waals surface area contributed by atoms with Crippen LogP contribution >= 0.6 is 43.5 Å². The first-order valence-electron chi connectivity index (χ1n) is 6.43. The van der Waals surface area contributed by atoms with Gasteiger partial charge in [-0.1, -0.05) is 27.5 Å². The fourth-order valence-corrected chi connectivity index (χ4v) is 2.96. The van der Waals surface area contributed by atoms with Crippen molar-refractivity contribution in [1.82, 2.24) is 0 Å². The standard InChI is InChI=1S/C16H12Br2ClNO/c1-9(20-12-3-4-13(18)14(19)8-12)16-7-10-6-11(17)2-5-15(10)21-16/h2-9,20H,1H3. The molecule has 0 aliphatic heterocycles. The minimum absolute atomic E-state index is 0.0495. The molecule has 0 fully saturated rings. The molecule has 0 spiro atoms. The Morgan fingerprint density at radius 1 is 1.10 bits per heavy atom. The third-order valence-electron chi connectivity index (χ3n) is 3.23. The van der Waals surface area contributed by atoms with E-state index in [4.69, 9.17) is 16.0 Å². The number of furan rings is 1. The van der Waals surface area contributed by atoms with Crippen LogP contribution in [-0.4, -0.2) is 0 Å². The van der Waals surface area contributed by atoms with Crippen LogP contribution in [0.1, 0.15) is 18.7 Å². The van der Waals surface area contributed by atoms with Gasteiger partial charge in [0, 0.05) is 20.0 Å². The Bertz CT molecular complexity index is 800. The molecule has 1 N–H and O–H groups in total. The number of fused-ring (bicyclic) bond motifs is 1. The van der Waals surface area contributed by atoms with Gasteiger partial charge in [0.25, 0.3) is 0 Å². The van der Waals surface area contributed by atoms with Gasteiger partial charge in [0.05, 0.1) is 11.1 Å². The lowest BCUT2D eigenvalue weighted by atomic mass is 10.2. The molecule has 1 heterocycles. The van der Waals surface area contributed by atoms with Gasteiger partial charge >= 0.3 is 0 Å². The van der Waals surface area contributed by atoms with Gasteiger partial charge in [0.1, 0.15) is 11.3 Å². The van der Waals surface area contributed by atoms with Crippen LogP contribution in [0.5, 0.6) is 0 Å². The van der Waals surface area contributed by atoms with Crippen LogP contribution in [0.2, 0.25) is 5.02 Å². The van der Waals surface area contributed by atoms with Crippen LogP contribution in [0.25, 0.3) is 11.0 Å². The Balaban J connectivity index is 1.85. The number of anilines is 1. The highest BCUT2D eigenvalue weighted by atomic mass is 79.9. The van der Waals surface area contributed by atoms with Gasteiger partial charge < -0.3 is 9.73 Å². The van der Waals surface area contributed by atoms with Gasteiger partial charge in [-0.15, -0.1) is 0 Å². The summed E-state index contributed by atoms with van der Waals surface area (Å²) in [5, 5.41) is 5.16. The average Bonchev–Trinajstić information content (AvgIpc) is 2.86. The maximum absolute atomic E-state index is 6.11. The lowest BCUT2D eigenvalue weighted by Gasteiger charge is -2.13. The van der Waals surface area contributed by atoms with Crippen molar-refractivity contribution in [2.45, 2.75) is 13.0 Å². The summed E-state index contributed by atoms with van der Waals surface area (Å²) in [6.45, 7) is 2.06. The summed E-state index contributed by atoms with van der Waals surface area (Å²) in [5.41, 5.74) is 1.84. The summed E-state index contributed by atoms with van der Waals surface area (Å²) < 4.78 is 7.81. The van der Waals surface area contributed by atoms with Crippen molar-refractivity contribution in [2.75, 3.05) is 5.32 Å². The monoisotopic (exact) mass is 427 g/mol. The molecule has 3 rings (SSSR count). The minimum atomic E-state index is 0.0495. The zero-order valence-electron chi connectivity index (χ0n) is 11.2. The molecule has 2 nitrogen and oxygen atoms in total. The van der Waals surface area contributed by atoms with Crippen LogP contribution in [0.4, 0.5) is 5.69 Å². The van der Waals surface area contributed by atoms with E-state index in [0.717, 1.165) is 31.4 Å². The molecule has 108 valence electrons. The summed E-state index contributed by atoms with van der Waals surface area (Å²) in [6.07, 6.45) is 0. The lowest BCUT2D eigenvalue weighted by molar-refractivity contribution is 0.526. The molecule has 1 aromatic heterocycles. The molecule has 21 heavy (non-hydrogen) atoms. The summed E-state index contributed by atoms with van der Waals surface area (Å²) in [6, 6.07) is 13.9. The van der Waals surface area contributed by atoms with Gasteiger partial charge in [-0.2, -0.15) is 0 Å². The molecule has 0 saturated carbocycles. The first kappa shape index (κ1) is 14.9. The van der Waals surface area contributed by atoms with E-state index in [-0.39, 0.29) is 6.04 Å². The number of hydrogen-bond donors (Lipinski definition) is 1. The smallest absolute Gasteiger partial charge is 0.134 e. The molecule has 0 bridgehead atoms. The maximum Gasteiger partial charge on any atom is 0.134 e. The van der Waals surface area contributed by atoms with Gasteiger partial charge in [-0.05, 0) is 65.3 Å². The second-order valence-corrected chi connectivity index (χ2v) is 7.00. The molecule has 0 saturated heterocycles. The van der Waals surface area contributed by atoms with Crippen LogP contribution in [-0.2, 0) is 0 Å². The highest BCUT2D eigenvalue weighted by molar-refractivity contribution is 9.10. The van der Waals surface area contributed by atoms with Crippen molar-refractivity contribution in [1.29, 1.82) is 0 Å². The Labute approximate surface area is 144 Å². The van der Waals surface area contributed by atoms with Crippen LogP contribution in [0.15, 0.2) is 55.8 Å². The highest BCUT2D eigenvalue weighted by Gasteiger charge is 2.12. The predicted molar refractivity (Wildman–Crippen MR) is 95.1 cm³/mol.